The van der Waals surface area contributed by atoms with Crippen molar-refractivity contribution in [3.8, 4) is 5.75 Å². The zero-order valence-electron chi connectivity index (χ0n) is 12.6. The molecule has 0 unspecified atom stereocenters. The van der Waals surface area contributed by atoms with Crippen molar-refractivity contribution in [1.29, 1.82) is 0 Å². The van der Waals surface area contributed by atoms with Gasteiger partial charge in [0.1, 0.15) is 5.75 Å². The molecule has 0 aliphatic carbocycles. The number of carbonyl (C=O) groups is 1. The Balaban J connectivity index is 2.52. The van der Waals surface area contributed by atoms with Crippen LogP contribution in [0.5, 0.6) is 5.75 Å². The van der Waals surface area contributed by atoms with Crippen LogP contribution < -0.4 is 10.1 Å². The lowest BCUT2D eigenvalue weighted by Gasteiger charge is -2.19. The number of benzene rings is 1. The van der Waals surface area contributed by atoms with Crippen LogP contribution in [-0.4, -0.2) is 19.1 Å². The molecule has 3 nitrogen and oxygen atoms in total. The molecule has 0 saturated heterocycles. The summed E-state index contributed by atoms with van der Waals surface area (Å²) in [4.78, 5) is 11.6. The van der Waals surface area contributed by atoms with Gasteiger partial charge in [-0.15, -0.1) is 0 Å². The van der Waals surface area contributed by atoms with Crippen LogP contribution in [0.2, 0.25) is 0 Å². The van der Waals surface area contributed by atoms with Gasteiger partial charge < -0.3 is 10.1 Å². The predicted octanol–water partition coefficient (Wildman–Crippen LogP) is 3.14. The Hall–Kier alpha value is -1.51. The minimum atomic E-state index is -0.0742. The van der Waals surface area contributed by atoms with Crippen molar-refractivity contribution in [2.75, 3.05) is 13.2 Å². The number of carbonyl (C=O) groups excluding carboxylic acids is 1. The van der Waals surface area contributed by atoms with E-state index < -0.39 is 0 Å². The Labute approximate surface area is 116 Å². The van der Waals surface area contributed by atoms with Gasteiger partial charge in [0.25, 0.3) is 5.91 Å². The summed E-state index contributed by atoms with van der Waals surface area (Å²) in [5.74, 6) is 1.12. The molecule has 1 aromatic rings. The summed E-state index contributed by atoms with van der Waals surface area (Å²) in [5.41, 5.74) is 1.28. The minimum Gasteiger partial charge on any atom is -0.484 e. The van der Waals surface area contributed by atoms with Gasteiger partial charge in [0.2, 0.25) is 0 Å². The largest absolute Gasteiger partial charge is 0.484 e. The fourth-order valence-electron chi connectivity index (χ4n) is 1.57. The second kappa shape index (κ2) is 6.60. The van der Waals surface area contributed by atoms with Crippen LogP contribution in [0.3, 0.4) is 0 Å². The summed E-state index contributed by atoms with van der Waals surface area (Å²) < 4.78 is 5.52. The molecule has 0 aliphatic heterocycles. The molecule has 0 atom stereocenters. The van der Waals surface area contributed by atoms with Crippen LogP contribution in [0, 0.1) is 5.92 Å². The summed E-state index contributed by atoms with van der Waals surface area (Å²) in [7, 11) is 0. The number of amides is 1. The van der Waals surface area contributed by atoms with Gasteiger partial charge >= 0.3 is 0 Å². The molecular weight excluding hydrogens is 238 g/mol. The van der Waals surface area contributed by atoms with Crippen molar-refractivity contribution in [1.82, 2.24) is 5.32 Å². The molecule has 0 radical (unpaired) electrons. The van der Waals surface area contributed by atoms with Gasteiger partial charge in [-0.1, -0.05) is 46.8 Å². The highest BCUT2D eigenvalue weighted by atomic mass is 16.5. The van der Waals surface area contributed by atoms with Crippen LogP contribution in [-0.2, 0) is 10.2 Å². The van der Waals surface area contributed by atoms with E-state index in [9.17, 15) is 4.79 Å². The van der Waals surface area contributed by atoms with Gasteiger partial charge in [-0.3, -0.25) is 4.79 Å². The van der Waals surface area contributed by atoms with Crippen LogP contribution in [0.4, 0.5) is 0 Å². The highest BCUT2D eigenvalue weighted by Gasteiger charge is 2.14. The fourth-order valence-corrected chi connectivity index (χ4v) is 1.57. The van der Waals surface area contributed by atoms with E-state index in [0.717, 1.165) is 5.75 Å². The first-order chi connectivity index (χ1) is 8.79. The monoisotopic (exact) mass is 263 g/mol. The number of rotatable bonds is 5. The summed E-state index contributed by atoms with van der Waals surface area (Å²) in [5, 5.41) is 2.83. The Morgan fingerprint density at radius 1 is 1.32 bits per heavy atom. The maximum absolute atomic E-state index is 11.6. The second-order valence-corrected chi connectivity index (χ2v) is 6.26. The fraction of sp³-hybridized carbons (Fsp3) is 0.562. The summed E-state index contributed by atoms with van der Waals surface area (Å²) in [6.45, 7) is 11.3. The van der Waals surface area contributed by atoms with Crippen LogP contribution in [0.25, 0.3) is 0 Å². The number of nitrogens with one attached hydrogen (secondary N) is 1. The van der Waals surface area contributed by atoms with E-state index in [1.165, 1.54) is 5.56 Å². The first-order valence-corrected chi connectivity index (χ1v) is 6.79. The Morgan fingerprint density at radius 3 is 2.58 bits per heavy atom. The molecule has 0 spiro atoms. The van der Waals surface area contributed by atoms with E-state index >= 15 is 0 Å². The van der Waals surface area contributed by atoms with E-state index in [4.69, 9.17) is 4.74 Å². The highest BCUT2D eigenvalue weighted by Crippen LogP contribution is 2.25. The summed E-state index contributed by atoms with van der Waals surface area (Å²) in [6, 6.07) is 7.91. The third kappa shape index (κ3) is 5.77. The van der Waals surface area contributed by atoms with Crippen molar-refractivity contribution in [2.24, 2.45) is 5.92 Å². The number of ether oxygens (including phenoxy) is 1. The van der Waals surface area contributed by atoms with E-state index in [1.807, 2.05) is 18.2 Å². The molecule has 0 aromatic heterocycles. The zero-order valence-corrected chi connectivity index (χ0v) is 12.6. The van der Waals surface area contributed by atoms with Crippen molar-refractivity contribution < 1.29 is 9.53 Å². The van der Waals surface area contributed by atoms with Crippen molar-refractivity contribution in [3.63, 3.8) is 0 Å². The maximum atomic E-state index is 11.6. The van der Waals surface area contributed by atoms with E-state index in [-0.39, 0.29) is 17.9 Å². The van der Waals surface area contributed by atoms with E-state index in [1.54, 1.807) is 0 Å². The Bertz CT molecular complexity index is 419. The second-order valence-electron chi connectivity index (χ2n) is 6.26. The molecule has 0 heterocycles. The first-order valence-electron chi connectivity index (χ1n) is 6.79. The SMILES string of the molecule is CC(C)CNC(=O)COc1cccc(C(C)(C)C)c1. The molecule has 0 bridgehead atoms. The van der Waals surface area contributed by atoms with Crippen LogP contribution in [0.1, 0.15) is 40.2 Å². The lowest BCUT2D eigenvalue weighted by molar-refractivity contribution is -0.123. The Morgan fingerprint density at radius 2 is 2.00 bits per heavy atom. The molecule has 3 heteroatoms. The van der Waals surface area contributed by atoms with E-state index in [2.05, 4.69) is 46.0 Å². The lowest BCUT2D eigenvalue weighted by atomic mass is 9.87. The first kappa shape index (κ1) is 15.5. The average molecular weight is 263 g/mol. The molecule has 1 amide bonds. The van der Waals surface area contributed by atoms with Gasteiger partial charge in [-0.25, -0.2) is 0 Å². The minimum absolute atomic E-state index is 0.0698. The molecular formula is C16H25NO2. The Kier molecular flexibility index (Phi) is 5.40. The normalized spacial score (nSPS) is 11.5. The van der Waals surface area contributed by atoms with Crippen LogP contribution >= 0.6 is 0 Å². The number of hydrogen-bond donors (Lipinski definition) is 1. The molecule has 0 aliphatic rings. The molecule has 1 aromatic carbocycles. The van der Waals surface area contributed by atoms with Crippen molar-refractivity contribution >= 4 is 5.91 Å². The highest BCUT2D eigenvalue weighted by molar-refractivity contribution is 5.77. The molecule has 0 saturated carbocycles. The quantitative estimate of drug-likeness (QED) is 0.886. The third-order valence-electron chi connectivity index (χ3n) is 2.78. The van der Waals surface area contributed by atoms with Gasteiger partial charge in [-0.2, -0.15) is 0 Å². The average Bonchev–Trinajstić information content (AvgIpc) is 2.33. The number of hydrogen-bond acceptors (Lipinski definition) is 2. The molecule has 1 N–H and O–H groups in total. The smallest absolute Gasteiger partial charge is 0.257 e. The molecule has 0 fully saturated rings. The van der Waals surface area contributed by atoms with Gasteiger partial charge in [0.05, 0.1) is 0 Å². The summed E-state index contributed by atoms with van der Waals surface area (Å²) >= 11 is 0. The molecule has 1 rings (SSSR count). The van der Waals surface area contributed by atoms with E-state index in [0.29, 0.717) is 12.5 Å². The van der Waals surface area contributed by atoms with Gasteiger partial charge in [0.15, 0.2) is 6.61 Å². The molecule has 19 heavy (non-hydrogen) atoms. The van der Waals surface area contributed by atoms with Gasteiger partial charge in [-0.05, 0) is 29.0 Å². The standard InChI is InChI=1S/C16H25NO2/c1-12(2)10-17-15(18)11-19-14-8-6-7-13(9-14)16(3,4)5/h6-9,12H,10-11H2,1-5H3,(H,17,18). The topological polar surface area (TPSA) is 38.3 Å². The summed E-state index contributed by atoms with van der Waals surface area (Å²) in [6.07, 6.45) is 0. The lowest BCUT2D eigenvalue weighted by Crippen LogP contribution is -2.31. The third-order valence-corrected chi connectivity index (χ3v) is 2.78. The molecule has 106 valence electrons. The predicted molar refractivity (Wildman–Crippen MR) is 78.5 cm³/mol. The zero-order chi connectivity index (χ0) is 14.5. The van der Waals surface area contributed by atoms with Gasteiger partial charge in [0, 0.05) is 6.54 Å². The van der Waals surface area contributed by atoms with Crippen molar-refractivity contribution in [3.05, 3.63) is 29.8 Å². The van der Waals surface area contributed by atoms with Crippen molar-refractivity contribution in [2.45, 2.75) is 40.0 Å². The van der Waals surface area contributed by atoms with Crippen LogP contribution in [0.15, 0.2) is 24.3 Å². The maximum Gasteiger partial charge on any atom is 0.257 e.